The van der Waals surface area contributed by atoms with E-state index in [1.807, 2.05) is 45.0 Å². The van der Waals surface area contributed by atoms with Gasteiger partial charge in [-0.3, -0.25) is 20.0 Å². The molecule has 1 saturated heterocycles. The van der Waals surface area contributed by atoms with Gasteiger partial charge in [0.05, 0.1) is 6.10 Å². The number of carbonyl (C=O) groups is 3. The number of nitrogens with zero attached hydrogens (tertiary/aromatic N) is 2. The molecule has 11 heteroatoms. The van der Waals surface area contributed by atoms with Gasteiger partial charge in [0.2, 0.25) is 5.91 Å². The number of pyridine rings is 1. The van der Waals surface area contributed by atoms with E-state index in [0.717, 1.165) is 5.56 Å². The van der Waals surface area contributed by atoms with Crippen LogP contribution in [0.25, 0.3) is 0 Å². The lowest BCUT2D eigenvalue weighted by atomic mass is 10.0. The number of hydrogen-bond donors (Lipinski definition) is 4. The summed E-state index contributed by atoms with van der Waals surface area (Å²) in [7, 11) is 0. The molecule has 1 aromatic heterocycles. The molecule has 0 saturated carbocycles. The standard InChI is InChI=1S/C27H35N5O6/c1-27(2,3)38-20-7-4-17(5-8-20)14-22(31-25(35)21-9-6-18(15-30-21)24(28)29)26(36)32-12-10-19(11-13-32)37-16-23(33)34/h4-9,15,19,22H,10-14,16H2,1-3H3,(H3,28,29)(H,31,35)(H,33,34)/t22-/m0/s1. The number of carbonyl (C=O) groups excluding carboxylic acids is 2. The fraction of sp³-hybridized carbons (Fsp3) is 0.444. The fourth-order valence-corrected chi connectivity index (χ4v) is 4.05. The lowest BCUT2D eigenvalue weighted by molar-refractivity contribution is -0.147. The van der Waals surface area contributed by atoms with Crippen molar-refractivity contribution in [1.82, 2.24) is 15.2 Å². The van der Waals surface area contributed by atoms with Gasteiger partial charge in [-0.2, -0.15) is 0 Å². The van der Waals surface area contributed by atoms with Crippen LogP contribution in [-0.2, 0) is 20.7 Å². The Morgan fingerprint density at radius 2 is 1.82 bits per heavy atom. The van der Waals surface area contributed by atoms with Gasteiger partial charge >= 0.3 is 5.97 Å². The number of rotatable bonds is 10. The molecule has 11 nitrogen and oxygen atoms in total. The van der Waals surface area contributed by atoms with E-state index in [1.165, 1.54) is 18.3 Å². The molecule has 2 aromatic rings. The molecule has 5 N–H and O–H groups in total. The van der Waals surface area contributed by atoms with Crippen molar-refractivity contribution in [2.45, 2.75) is 57.8 Å². The zero-order chi connectivity index (χ0) is 27.9. The van der Waals surface area contributed by atoms with Crippen LogP contribution in [0, 0.1) is 5.41 Å². The van der Waals surface area contributed by atoms with Crippen LogP contribution in [-0.4, -0.2) is 76.1 Å². The maximum Gasteiger partial charge on any atom is 0.329 e. The summed E-state index contributed by atoms with van der Waals surface area (Å²) >= 11 is 0. The van der Waals surface area contributed by atoms with Gasteiger partial charge in [0.15, 0.2) is 0 Å². The summed E-state index contributed by atoms with van der Waals surface area (Å²) < 4.78 is 11.2. The van der Waals surface area contributed by atoms with E-state index >= 15 is 0 Å². The first kappa shape index (κ1) is 28.6. The third-order valence-electron chi connectivity index (χ3n) is 5.89. The van der Waals surface area contributed by atoms with E-state index in [9.17, 15) is 14.4 Å². The number of piperidine rings is 1. The molecule has 1 aliphatic heterocycles. The smallest absolute Gasteiger partial charge is 0.329 e. The fourth-order valence-electron chi connectivity index (χ4n) is 4.05. The van der Waals surface area contributed by atoms with Crippen LogP contribution >= 0.6 is 0 Å². The number of carboxylic acids is 1. The molecule has 2 amide bonds. The van der Waals surface area contributed by atoms with Gasteiger partial charge < -0.3 is 30.5 Å². The summed E-state index contributed by atoms with van der Waals surface area (Å²) in [4.78, 5) is 43.1. The number of likely N-dealkylation sites (tertiary alicyclic amines) is 1. The number of nitrogen functional groups attached to an aromatic ring is 1. The van der Waals surface area contributed by atoms with Crippen molar-refractivity contribution in [3.63, 3.8) is 0 Å². The van der Waals surface area contributed by atoms with Crippen LogP contribution in [0.1, 0.15) is 55.2 Å². The molecule has 38 heavy (non-hydrogen) atoms. The third kappa shape index (κ3) is 8.55. The van der Waals surface area contributed by atoms with Crippen molar-refractivity contribution in [2.75, 3.05) is 19.7 Å². The van der Waals surface area contributed by atoms with Gasteiger partial charge in [-0.05, 0) is 63.4 Å². The van der Waals surface area contributed by atoms with Crippen LogP contribution in [0.2, 0.25) is 0 Å². The third-order valence-corrected chi connectivity index (χ3v) is 5.89. The van der Waals surface area contributed by atoms with Crippen LogP contribution in [0.15, 0.2) is 42.6 Å². The van der Waals surface area contributed by atoms with Crippen molar-refractivity contribution in [1.29, 1.82) is 5.41 Å². The Kier molecular flexibility index (Phi) is 9.40. The molecule has 3 rings (SSSR count). The molecule has 1 fully saturated rings. The minimum Gasteiger partial charge on any atom is -0.488 e. The summed E-state index contributed by atoms with van der Waals surface area (Å²) in [6, 6.07) is 9.50. The van der Waals surface area contributed by atoms with Crippen LogP contribution < -0.4 is 15.8 Å². The summed E-state index contributed by atoms with van der Waals surface area (Å²) in [5.41, 5.74) is 6.44. The summed E-state index contributed by atoms with van der Waals surface area (Å²) in [6.45, 7) is 6.27. The summed E-state index contributed by atoms with van der Waals surface area (Å²) in [5.74, 6) is -1.26. The zero-order valence-corrected chi connectivity index (χ0v) is 21.9. The molecule has 2 heterocycles. The minimum atomic E-state index is -1.03. The maximum absolute atomic E-state index is 13.5. The van der Waals surface area contributed by atoms with Crippen molar-refractivity contribution >= 4 is 23.6 Å². The first-order valence-corrected chi connectivity index (χ1v) is 12.4. The molecule has 1 aliphatic rings. The van der Waals surface area contributed by atoms with E-state index in [-0.39, 0.29) is 42.2 Å². The second-order valence-electron chi connectivity index (χ2n) is 10.2. The van der Waals surface area contributed by atoms with E-state index in [4.69, 9.17) is 25.7 Å². The number of aromatic nitrogens is 1. The number of carboxylic acid groups (broad SMARTS) is 1. The molecular weight excluding hydrogens is 490 g/mol. The predicted octanol–water partition coefficient (Wildman–Crippen LogP) is 1.98. The molecule has 0 bridgehead atoms. The Morgan fingerprint density at radius 3 is 2.34 bits per heavy atom. The maximum atomic E-state index is 13.5. The highest BCUT2D eigenvalue weighted by atomic mass is 16.5. The highest BCUT2D eigenvalue weighted by Gasteiger charge is 2.30. The molecule has 0 unspecified atom stereocenters. The van der Waals surface area contributed by atoms with Gasteiger partial charge in [0.1, 0.15) is 35.5 Å². The Bertz CT molecular complexity index is 1140. The molecule has 0 aliphatic carbocycles. The Labute approximate surface area is 221 Å². The Balaban J connectivity index is 1.73. The van der Waals surface area contributed by atoms with Gasteiger partial charge in [-0.15, -0.1) is 0 Å². The van der Waals surface area contributed by atoms with Gasteiger partial charge in [-0.25, -0.2) is 4.79 Å². The number of aliphatic carboxylic acids is 1. The second-order valence-corrected chi connectivity index (χ2v) is 10.2. The highest BCUT2D eigenvalue weighted by Crippen LogP contribution is 2.20. The van der Waals surface area contributed by atoms with E-state index in [0.29, 0.717) is 37.2 Å². The van der Waals surface area contributed by atoms with E-state index < -0.39 is 17.9 Å². The topological polar surface area (TPSA) is 168 Å². The Hall–Kier alpha value is -3.99. The minimum absolute atomic E-state index is 0.0995. The number of ether oxygens (including phenoxy) is 2. The average molecular weight is 526 g/mol. The largest absolute Gasteiger partial charge is 0.488 e. The highest BCUT2D eigenvalue weighted by molar-refractivity contribution is 5.98. The number of hydrogen-bond acceptors (Lipinski definition) is 7. The zero-order valence-electron chi connectivity index (χ0n) is 21.9. The van der Waals surface area contributed by atoms with Crippen molar-refractivity contribution < 1.29 is 29.0 Å². The van der Waals surface area contributed by atoms with E-state index in [2.05, 4.69) is 10.3 Å². The first-order valence-electron chi connectivity index (χ1n) is 12.4. The average Bonchev–Trinajstić information content (AvgIpc) is 2.87. The first-order chi connectivity index (χ1) is 17.9. The van der Waals surface area contributed by atoms with Crippen molar-refractivity contribution in [2.24, 2.45) is 5.73 Å². The van der Waals surface area contributed by atoms with E-state index in [1.54, 1.807) is 4.90 Å². The quantitative estimate of drug-likeness (QED) is 0.270. The van der Waals surface area contributed by atoms with Crippen LogP contribution in [0.3, 0.4) is 0 Å². The van der Waals surface area contributed by atoms with Gasteiger partial charge in [-0.1, -0.05) is 12.1 Å². The molecule has 1 aromatic carbocycles. The van der Waals surface area contributed by atoms with Crippen LogP contribution in [0.5, 0.6) is 5.75 Å². The number of nitrogens with two attached hydrogens (primary N) is 1. The second kappa shape index (κ2) is 12.5. The van der Waals surface area contributed by atoms with Crippen molar-refractivity contribution in [3.05, 3.63) is 59.4 Å². The summed E-state index contributed by atoms with van der Waals surface area (Å²) in [6.07, 6.45) is 2.37. The molecule has 1 atom stereocenters. The molecular formula is C27H35N5O6. The number of amides is 2. The van der Waals surface area contributed by atoms with Gasteiger partial charge in [0.25, 0.3) is 5.91 Å². The monoisotopic (exact) mass is 525 g/mol. The number of nitrogens with one attached hydrogen (secondary N) is 2. The lowest BCUT2D eigenvalue weighted by Gasteiger charge is -2.34. The molecule has 0 spiro atoms. The summed E-state index contributed by atoms with van der Waals surface area (Å²) in [5, 5.41) is 19.1. The normalized spacial score (nSPS) is 15.0. The number of amidine groups is 1. The van der Waals surface area contributed by atoms with Crippen LogP contribution in [0.4, 0.5) is 0 Å². The van der Waals surface area contributed by atoms with Crippen molar-refractivity contribution in [3.8, 4) is 5.75 Å². The molecule has 0 radical (unpaired) electrons. The SMILES string of the molecule is CC(C)(C)Oc1ccc(C[C@H](NC(=O)c2ccc(C(=N)N)cn2)C(=O)N2CCC(OCC(=O)O)CC2)cc1. The van der Waals surface area contributed by atoms with Gasteiger partial charge in [0, 0.05) is 31.3 Å². The Morgan fingerprint density at radius 1 is 1.16 bits per heavy atom. The number of benzene rings is 1. The predicted molar refractivity (Wildman–Crippen MR) is 140 cm³/mol. The lowest BCUT2D eigenvalue weighted by Crippen LogP contribution is -2.52. The molecule has 204 valence electrons.